The standard InChI is InChI=1S/C31H42FN5O/c1-6-23(4)36(31(38)28(7-2)25-13-10-9-11-14-25)22-29-24(5)33-37(27-16-12-15-26(32)21-27)30(29)35-19-17-34(8-3)18-20-35/h9-16,21,23,28H,6-8,17-20,22H2,1-5H3. The number of anilines is 1. The number of halogens is 1. The molecular weight excluding hydrogens is 477 g/mol. The van der Waals surface area contributed by atoms with E-state index in [9.17, 15) is 9.18 Å². The highest BCUT2D eigenvalue weighted by Gasteiger charge is 2.32. The number of carbonyl (C=O) groups excluding carboxylic acids is 1. The number of aryl methyl sites for hydroxylation is 1. The molecule has 6 nitrogen and oxygen atoms in total. The van der Waals surface area contributed by atoms with E-state index in [0.29, 0.717) is 12.2 Å². The van der Waals surface area contributed by atoms with E-state index in [0.717, 1.165) is 68.2 Å². The molecule has 1 aliphatic rings. The summed E-state index contributed by atoms with van der Waals surface area (Å²) in [6, 6.07) is 16.8. The SMILES string of the molecule is CCC(C(=O)N(Cc1c(C)nn(-c2cccc(F)c2)c1N1CCN(CC)CC1)C(C)CC)c1ccccc1. The van der Waals surface area contributed by atoms with E-state index in [-0.39, 0.29) is 23.7 Å². The number of carbonyl (C=O) groups is 1. The van der Waals surface area contributed by atoms with Crippen LogP contribution in [-0.2, 0) is 11.3 Å². The van der Waals surface area contributed by atoms with Gasteiger partial charge in [-0.2, -0.15) is 5.10 Å². The van der Waals surface area contributed by atoms with Gasteiger partial charge in [0.05, 0.1) is 23.8 Å². The number of hydrogen-bond acceptors (Lipinski definition) is 4. The molecule has 1 aliphatic heterocycles. The maximum atomic E-state index is 14.3. The van der Waals surface area contributed by atoms with Gasteiger partial charge in [0.25, 0.3) is 0 Å². The lowest BCUT2D eigenvalue weighted by Gasteiger charge is -2.37. The van der Waals surface area contributed by atoms with Gasteiger partial charge >= 0.3 is 0 Å². The molecule has 7 heteroatoms. The van der Waals surface area contributed by atoms with Gasteiger partial charge in [-0.15, -0.1) is 0 Å². The number of hydrogen-bond donors (Lipinski definition) is 0. The minimum Gasteiger partial charge on any atom is -0.354 e. The molecule has 204 valence electrons. The van der Waals surface area contributed by atoms with Crippen molar-refractivity contribution in [2.75, 3.05) is 37.6 Å². The summed E-state index contributed by atoms with van der Waals surface area (Å²) in [6.07, 6.45) is 1.60. The van der Waals surface area contributed by atoms with E-state index in [2.05, 4.69) is 37.5 Å². The topological polar surface area (TPSA) is 44.6 Å². The monoisotopic (exact) mass is 519 g/mol. The molecule has 0 bridgehead atoms. The summed E-state index contributed by atoms with van der Waals surface area (Å²) in [6.45, 7) is 15.7. The van der Waals surface area contributed by atoms with E-state index in [1.807, 2.05) is 52.9 Å². The Bertz CT molecular complexity index is 1200. The van der Waals surface area contributed by atoms with Gasteiger partial charge in [-0.3, -0.25) is 4.79 Å². The van der Waals surface area contributed by atoms with Crippen LogP contribution in [-0.4, -0.2) is 64.3 Å². The van der Waals surface area contributed by atoms with Crippen molar-refractivity contribution in [3.63, 3.8) is 0 Å². The minimum absolute atomic E-state index is 0.0713. The molecule has 38 heavy (non-hydrogen) atoms. The second-order valence-corrected chi connectivity index (χ2v) is 10.3. The fourth-order valence-electron chi connectivity index (χ4n) is 5.40. The molecule has 0 N–H and O–H groups in total. The zero-order valence-electron chi connectivity index (χ0n) is 23.5. The van der Waals surface area contributed by atoms with Crippen molar-refractivity contribution in [2.24, 2.45) is 0 Å². The number of piperazine rings is 1. The molecule has 2 unspecified atom stereocenters. The van der Waals surface area contributed by atoms with Crippen LogP contribution in [0.4, 0.5) is 10.2 Å². The quantitative estimate of drug-likeness (QED) is 0.341. The van der Waals surface area contributed by atoms with Gasteiger partial charge in [-0.05, 0) is 57.0 Å². The van der Waals surface area contributed by atoms with Crippen LogP contribution in [0, 0.1) is 12.7 Å². The Morgan fingerprint density at radius 2 is 1.71 bits per heavy atom. The van der Waals surface area contributed by atoms with Gasteiger partial charge in [0.2, 0.25) is 5.91 Å². The van der Waals surface area contributed by atoms with E-state index in [4.69, 9.17) is 5.10 Å². The van der Waals surface area contributed by atoms with Crippen molar-refractivity contribution < 1.29 is 9.18 Å². The van der Waals surface area contributed by atoms with Crippen molar-refractivity contribution in [1.82, 2.24) is 19.6 Å². The number of likely N-dealkylation sites (N-methyl/N-ethyl adjacent to an activating group) is 1. The van der Waals surface area contributed by atoms with E-state index in [1.54, 1.807) is 6.07 Å². The first-order valence-electron chi connectivity index (χ1n) is 14.0. The second kappa shape index (κ2) is 12.6. The number of amides is 1. The highest BCUT2D eigenvalue weighted by molar-refractivity contribution is 5.84. The highest BCUT2D eigenvalue weighted by atomic mass is 19.1. The normalized spacial score (nSPS) is 15.9. The average molecular weight is 520 g/mol. The Kier molecular flexibility index (Phi) is 9.21. The lowest BCUT2D eigenvalue weighted by molar-refractivity contribution is -0.135. The third-order valence-electron chi connectivity index (χ3n) is 7.97. The van der Waals surface area contributed by atoms with Crippen LogP contribution in [0.5, 0.6) is 0 Å². The van der Waals surface area contributed by atoms with Crippen molar-refractivity contribution in [2.45, 2.75) is 66.0 Å². The minimum atomic E-state index is -0.288. The molecule has 1 fully saturated rings. The van der Waals surface area contributed by atoms with E-state index < -0.39 is 0 Å². The van der Waals surface area contributed by atoms with Crippen molar-refractivity contribution >= 4 is 11.7 Å². The molecule has 0 spiro atoms. The zero-order valence-corrected chi connectivity index (χ0v) is 23.5. The third-order valence-corrected chi connectivity index (χ3v) is 7.97. The molecule has 2 heterocycles. The summed E-state index contributed by atoms with van der Waals surface area (Å²) in [7, 11) is 0. The second-order valence-electron chi connectivity index (χ2n) is 10.3. The average Bonchev–Trinajstić information content (AvgIpc) is 3.27. The third kappa shape index (κ3) is 5.93. The Morgan fingerprint density at radius 1 is 1.00 bits per heavy atom. The summed E-state index contributed by atoms with van der Waals surface area (Å²) in [5, 5.41) is 4.91. The molecule has 2 atom stereocenters. The van der Waals surface area contributed by atoms with Gasteiger partial charge in [0.15, 0.2) is 0 Å². The number of benzene rings is 2. The van der Waals surface area contributed by atoms with E-state index in [1.165, 1.54) is 12.1 Å². The molecule has 0 aliphatic carbocycles. The molecular formula is C31H42FN5O. The van der Waals surface area contributed by atoms with Gasteiger partial charge in [0.1, 0.15) is 11.6 Å². The molecule has 2 aromatic carbocycles. The van der Waals surface area contributed by atoms with Crippen LogP contribution in [0.15, 0.2) is 54.6 Å². The number of aromatic nitrogens is 2. The van der Waals surface area contributed by atoms with Crippen LogP contribution < -0.4 is 4.90 Å². The Balaban J connectivity index is 1.76. The molecule has 1 amide bonds. The predicted molar refractivity (Wildman–Crippen MR) is 152 cm³/mol. The largest absolute Gasteiger partial charge is 0.354 e. The van der Waals surface area contributed by atoms with Crippen LogP contribution >= 0.6 is 0 Å². The maximum Gasteiger partial charge on any atom is 0.230 e. The Labute approximate surface area is 227 Å². The number of nitrogens with zero attached hydrogens (tertiary/aromatic N) is 5. The number of rotatable bonds is 10. The summed E-state index contributed by atoms with van der Waals surface area (Å²) in [5.74, 6) is 0.634. The fraction of sp³-hybridized carbons (Fsp3) is 0.484. The first-order chi connectivity index (χ1) is 18.4. The summed E-state index contributed by atoms with van der Waals surface area (Å²) < 4.78 is 16.2. The van der Waals surface area contributed by atoms with Crippen molar-refractivity contribution in [1.29, 1.82) is 0 Å². The van der Waals surface area contributed by atoms with Gasteiger partial charge in [0, 0.05) is 37.8 Å². The molecule has 3 aromatic rings. The van der Waals surface area contributed by atoms with Gasteiger partial charge < -0.3 is 14.7 Å². The molecule has 0 saturated carbocycles. The van der Waals surface area contributed by atoms with Gasteiger partial charge in [-0.25, -0.2) is 9.07 Å². The van der Waals surface area contributed by atoms with Crippen molar-refractivity contribution in [3.05, 3.63) is 77.2 Å². The van der Waals surface area contributed by atoms with Crippen LogP contribution in [0.25, 0.3) is 5.69 Å². The molecule has 4 rings (SSSR count). The van der Waals surface area contributed by atoms with Crippen LogP contribution in [0.3, 0.4) is 0 Å². The predicted octanol–water partition coefficient (Wildman–Crippen LogP) is 5.78. The summed E-state index contributed by atoms with van der Waals surface area (Å²) >= 11 is 0. The lowest BCUT2D eigenvalue weighted by atomic mass is 9.94. The van der Waals surface area contributed by atoms with Crippen LogP contribution in [0.1, 0.15) is 63.3 Å². The Hall–Kier alpha value is -3.19. The van der Waals surface area contributed by atoms with Crippen molar-refractivity contribution in [3.8, 4) is 5.69 Å². The van der Waals surface area contributed by atoms with E-state index >= 15 is 0 Å². The zero-order chi connectivity index (χ0) is 27.2. The lowest BCUT2D eigenvalue weighted by Crippen LogP contribution is -2.47. The first kappa shape index (κ1) is 27.8. The Morgan fingerprint density at radius 3 is 2.32 bits per heavy atom. The van der Waals surface area contributed by atoms with Crippen LogP contribution in [0.2, 0.25) is 0 Å². The molecule has 1 aromatic heterocycles. The smallest absolute Gasteiger partial charge is 0.230 e. The summed E-state index contributed by atoms with van der Waals surface area (Å²) in [5.41, 5.74) is 3.66. The highest BCUT2D eigenvalue weighted by Crippen LogP contribution is 2.32. The fourth-order valence-corrected chi connectivity index (χ4v) is 5.40. The summed E-state index contributed by atoms with van der Waals surface area (Å²) in [4.78, 5) is 20.9. The molecule has 0 radical (unpaired) electrons. The molecule has 1 saturated heterocycles. The van der Waals surface area contributed by atoms with Gasteiger partial charge in [-0.1, -0.05) is 57.2 Å². The maximum absolute atomic E-state index is 14.3. The first-order valence-corrected chi connectivity index (χ1v) is 14.0.